The molecule has 1 aromatic heterocycles. The Hall–Kier alpha value is -2.97. The number of carbonyl (C=O) groups is 1. The molecule has 0 saturated heterocycles. The molecule has 0 aliphatic heterocycles. The second-order valence-corrected chi connectivity index (χ2v) is 10.2. The van der Waals surface area contributed by atoms with Crippen molar-refractivity contribution in [1.29, 1.82) is 0 Å². The topological polar surface area (TPSA) is 38.1 Å². The molecular weight excluding hydrogens is 401 g/mol. The molecule has 4 rings (SSSR count). The minimum Gasteiger partial charge on any atom is -0.319 e. The summed E-state index contributed by atoms with van der Waals surface area (Å²) in [7, 11) is -1.01. The summed E-state index contributed by atoms with van der Waals surface area (Å²) in [6, 6.07) is 28.9. The van der Waals surface area contributed by atoms with Crippen LogP contribution >= 0.6 is 7.92 Å². The molecule has 158 valence electrons. The molecule has 0 unspecified atom stereocenters. The number of nitrogens with zero attached hydrogens (tertiary/aromatic N) is 3. The molecule has 0 saturated carbocycles. The van der Waals surface area contributed by atoms with E-state index in [-0.39, 0.29) is 18.1 Å². The molecule has 0 aliphatic carbocycles. The molecule has 3 aromatic carbocycles. The first-order chi connectivity index (χ1) is 15.0. The molecule has 1 heterocycles. The second kappa shape index (κ2) is 9.03. The number of benzene rings is 3. The van der Waals surface area contributed by atoms with Crippen molar-refractivity contribution in [3.05, 3.63) is 84.9 Å². The molecule has 0 N–H and O–H groups in total. The summed E-state index contributed by atoms with van der Waals surface area (Å²) in [4.78, 5) is 20.9. The van der Waals surface area contributed by atoms with Crippen LogP contribution in [-0.2, 0) is 0 Å². The van der Waals surface area contributed by atoms with Crippen LogP contribution in [0.1, 0.15) is 27.7 Å². The fourth-order valence-electron chi connectivity index (χ4n) is 4.04. The molecule has 4 nitrogen and oxygen atoms in total. The van der Waals surface area contributed by atoms with Gasteiger partial charge in [0.15, 0.2) is 0 Å². The predicted molar refractivity (Wildman–Crippen MR) is 131 cm³/mol. The van der Waals surface area contributed by atoms with Gasteiger partial charge in [-0.05, 0) is 50.4 Å². The average molecular weight is 430 g/mol. The Morgan fingerprint density at radius 2 is 1.26 bits per heavy atom. The number of aromatic nitrogens is 2. The number of amides is 1. The van der Waals surface area contributed by atoms with Gasteiger partial charge in [0.25, 0.3) is 0 Å². The van der Waals surface area contributed by atoms with Crippen LogP contribution in [0.2, 0.25) is 0 Å². The Morgan fingerprint density at radius 3 is 1.77 bits per heavy atom. The van der Waals surface area contributed by atoms with Gasteiger partial charge in [-0.2, -0.15) is 0 Å². The molecule has 0 fully saturated rings. The lowest BCUT2D eigenvalue weighted by Crippen LogP contribution is -2.47. The third-order valence-electron chi connectivity index (χ3n) is 5.30. The van der Waals surface area contributed by atoms with Gasteiger partial charge >= 0.3 is 6.03 Å². The summed E-state index contributed by atoms with van der Waals surface area (Å²) in [6.07, 6.45) is 0. The van der Waals surface area contributed by atoms with Gasteiger partial charge in [-0.3, -0.25) is 0 Å². The van der Waals surface area contributed by atoms with Gasteiger partial charge in [-0.1, -0.05) is 72.8 Å². The zero-order valence-corrected chi connectivity index (χ0v) is 19.3. The maximum Gasteiger partial charge on any atom is 0.330 e. The molecule has 5 heteroatoms. The van der Waals surface area contributed by atoms with E-state index in [0.29, 0.717) is 0 Å². The zero-order valence-electron chi connectivity index (χ0n) is 18.4. The van der Waals surface area contributed by atoms with Crippen LogP contribution in [0, 0.1) is 0 Å². The molecule has 4 aromatic rings. The van der Waals surface area contributed by atoms with Crippen molar-refractivity contribution in [3.63, 3.8) is 0 Å². The largest absolute Gasteiger partial charge is 0.330 e. The fraction of sp³-hybridized carbons (Fsp3) is 0.231. The van der Waals surface area contributed by atoms with E-state index in [2.05, 4.69) is 76.2 Å². The van der Waals surface area contributed by atoms with Crippen molar-refractivity contribution in [3.8, 4) is 0 Å². The van der Waals surface area contributed by atoms with E-state index in [1.165, 1.54) is 10.6 Å². The Morgan fingerprint density at radius 1 is 0.774 bits per heavy atom. The lowest BCUT2D eigenvalue weighted by Gasteiger charge is -2.32. The van der Waals surface area contributed by atoms with Gasteiger partial charge in [-0.15, -0.1) is 0 Å². The van der Waals surface area contributed by atoms with Gasteiger partial charge in [0.1, 0.15) is 5.57 Å². The van der Waals surface area contributed by atoms with E-state index >= 15 is 0 Å². The van der Waals surface area contributed by atoms with Crippen LogP contribution in [0.5, 0.6) is 0 Å². The number of carbonyl (C=O) groups excluding carboxylic acids is 1. The third kappa shape index (κ3) is 4.13. The van der Waals surface area contributed by atoms with Crippen LogP contribution in [0.4, 0.5) is 4.79 Å². The molecule has 0 spiro atoms. The SMILES string of the molecule is CC(C)N(C(=O)n1c(P(c2ccccc2)c2ccccc2)nc2ccccc21)C(C)C. The highest BCUT2D eigenvalue weighted by Crippen LogP contribution is 2.34. The normalized spacial score (nSPS) is 11.6. The lowest BCUT2D eigenvalue weighted by molar-refractivity contribution is 0.168. The minimum atomic E-state index is -1.01. The third-order valence-corrected chi connectivity index (χ3v) is 7.63. The van der Waals surface area contributed by atoms with Crippen molar-refractivity contribution < 1.29 is 4.79 Å². The highest BCUT2D eigenvalue weighted by Gasteiger charge is 2.30. The summed E-state index contributed by atoms with van der Waals surface area (Å²) in [5.74, 6) is 0. The Bertz CT molecular complexity index is 1120. The first-order valence-electron chi connectivity index (χ1n) is 10.7. The standard InChI is InChI=1S/C26H28N3OP/c1-19(2)28(20(3)4)26(30)29-24-18-12-11-17-23(24)27-25(29)31(21-13-7-5-8-14-21)22-15-9-6-10-16-22/h5-20H,1-4H3. The number of hydrogen-bond donors (Lipinski definition) is 0. The molecule has 0 atom stereocenters. The number of rotatable bonds is 5. The van der Waals surface area contributed by atoms with Gasteiger partial charge in [0, 0.05) is 20.0 Å². The highest BCUT2D eigenvalue weighted by atomic mass is 31.1. The molecular formula is C26H28N3OP. The van der Waals surface area contributed by atoms with E-state index in [1.54, 1.807) is 0 Å². The summed E-state index contributed by atoms with van der Waals surface area (Å²) >= 11 is 0. The Labute approximate surface area is 185 Å². The van der Waals surface area contributed by atoms with Crippen LogP contribution < -0.4 is 16.2 Å². The number of fused-ring (bicyclic) bond motifs is 1. The van der Waals surface area contributed by atoms with Crippen molar-refractivity contribution in [2.45, 2.75) is 39.8 Å². The van der Waals surface area contributed by atoms with E-state index in [9.17, 15) is 4.79 Å². The van der Waals surface area contributed by atoms with E-state index < -0.39 is 7.92 Å². The Balaban J connectivity index is 2.00. The van der Waals surface area contributed by atoms with E-state index in [1.807, 2.05) is 45.9 Å². The quantitative estimate of drug-likeness (QED) is 0.424. The van der Waals surface area contributed by atoms with Crippen molar-refractivity contribution >= 4 is 41.2 Å². The van der Waals surface area contributed by atoms with E-state index in [0.717, 1.165) is 16.6 Å². The predicted octanol–water partition coefficient (Wildman–Crippen LogP) is 4.88. The molecule has 1 amide bonds. The molecule has 31 heavy (non-hydrogen) atoms. The minimum absolute atomic E-state index is 0.0203. The number of para-hydroxylation sites is 2. The zero-order chi connectivity index (χ0) is 22.0. The van der Waals surface area contributed by atoms with Crippen molar-refractivity contribution in [2.24, 2.45) is 0 Å². The molecule has 0 radical (unpaired) electrons. The smallest absolute Gasteiger partial charge is 0.319 e. The first-order valence-corrected chi connectivity index (χ1v) is 12.0. The highest BCUT2D eigenvalue weighted by molar-refractivity contribution is 7.79. The maximum absolute atomic E-state index is 14.0. The Kier molecular flexibility index (Phi) is 6.20. The fourth-order valence-corrected chi connectivity index (χ4v) is 6.34. The summed E-state index contributed by atoms with van der Waals surface area (Å²) in [6.45, 7) is 8.25. The summed E-state index contributed by atoms with van der Waals surface area (Å²) < 4.78 is 1.85. The van der Waals surface area contributed by atoms with Crippen molar-refractivity contribution in [2.75, 3.05) is 0 Å². The van der Waals surface area contributed by atoms with Crippen LogP contribution in [0.25, 0.3) is 11.0 Å². The molecule has 0 aliphatic rings. The number of imidazole rings is 1. The van der Waals surface area contributed by atoms with Gasteiger partial charge < -0.3 is 4.90 Å². The van der Waals surface area contributed by atoms with Crippen LogP contribution in [-0.4, -0.2) is 32.6 Å². The number of hydrogen-bond acceptors (Lipinski definition) is 2. The lowest BCUT2D eigenvalue weighted by atomic mass is 10.2. The maximum atomic E-state index is 14.0. The van der Waals surface area contributed by atoms with Gasteiger partial charge in [0.2, 0.25) is 0 Å². The first kappa shape index (κ1) is 21.3. The van der Waals surface area contributed by atoms with Crippen LogP contribution in [0.3, 0.4) is 0 Å². The van der Waals surface area contributed by atoms with E-state index in [4.69, 9.17) is 4.98 Å². The monoisotopic (exact) mass is 429 g/mol. The summed E-state index contributed by atoms with van der Waals surface area (Å²) in [5.41, 5.74) is 2.51. The van der Waals surface area contributed by atoms with Crippen molar-refractivity contribution in [1.82, 2.24) is 14.5 Å². The summed E-state index contributed by atoms with van der Waals surface area (Å²) in [5, 5.41) is 2.35. The average Bonchev–Trinajstić information content (AvgIpc) is 3.14. The van der Waals surface area contributed by atoms with Gasteiger partial charge in [0.05, 0.1) is 11.0 Å². The van der Waals surface area contributed by atoms with Gasteiger partial charge in [-0.25, -0.2) is 14.3 Å². The second-order valence-electron chi connectivity index (χ2n) is 8.12. The van der Waals surface area contributed by atoms with Crippen LogP contribution in [0.15, 0.2) is 84.9 Å². The molecule has 0 bridgehead atoms.